The number of unbranched alkanes of at least 4 members (excludes halogenated alkanes) is 2. The average Bonchev–Trinajstić information content (AvgIpc) is 2.90. The van der Waals surface area contributed by atoms with Gasteiger partial charge in [-0.1, -0.05) is 44.9 Å². The van der Waals surface area contributed by atoms with E-state index in [1.165, 1.54) is 12.8 Å². The molecule has 0 saturated carbocycles. The molecule has 3 nitrogen and oxygen atoms in total. The van der Waals surface area contributed by atoms with Crippen LogP contribution < -0.4 is 0 Å². The van der Waals surface area contributed by atoms with Crippen LogP contribution in [0.1, 0.15) is 56.3 Å². The van der Waals surface area contributed by atoms with Crippen molar-refractivity contribution >= 4 is 29.3 Å². The van der Waals surface area contributed by atoms with Crippen molar-refractivity contribution in [3.05, 3.63) is 36.0 Å². The normalized spacial score (nSPS) is 11.9. The Labute approximate surface area is 132 Å². The second kappa shape index (κ2) is 8.73. The summed E-state index contributed by atoms with van der Waals surface area (Å²) < 4.78 is 5.64. The second-order valence-corrected chi connectivity index (χ2v) is 5.18. The molecule has 1 aromatic heterocycles. The van der Waals surface area contributed by atoms with Crippen molar-refractivity contribution < 1.29 is 9.53 Å². The molecule has 1 unspecified atom stereocenters. The van der Waals surface area contributed by atoms with Crippen molar-refractivity contribution in [3.63, 3.8) is 0 Å². The number of carbonyl (C=O) groups excluding carboxylic acids is 1. The van der Waals surface area contributed by atoms with E-state index in [0.29, 0.717) is 5.56 Å². The lowest BCUT2D eigenvalue weighted by Gasteiger charge is -2.15. The molecule has 1 atom stereocenters. The van der Waals surface area contributed by atoms with E-state index < -0.39 is 0 Å². The first-order valence-electron chi connectivity index (χ1n) is 7.53. The Kier molecular flexibility index (Phi) is 7.30. The predicted molar refractivity (Wildman–Crippen MR) is 89.2 cm³/mol. The maximum Gasteiger partial charge on any atom is 0.340 e. The van der Waals surface area contributed by atoms with E-state index in [4.69, 9.17) is 4.74 Å². The number of ether oxygens (including phenoxy) is 1. The molecule has 0 aliphatic carbocycles. The van der Waals surface area contributed by atoms with Crippen LogP contribution in [0, 0.1) is 0 Å². The third-order valence-corrected chi connectivity index (χ3v) is 3.67. The van der Waals surface area contributed by atoms with Gasteiger partial charge < -0.3 is 9.72 Å². The molecule has 21 heavy (non-hydrogen) atoms. The number of aromatic amines is 1. The van der Waals surface area contributed by atoms with Gasteiger partial charge in [-0.25, -0.2) is 4.79 Å². The van der Waals surface area contributed by atoms with E-state index >= 15 is 0 Å². The highest BCUT2D eigenvalue weighted by Gasteiger charge is 2.17. The molecule has 0 fully saturated rings. The summed E-state index contributed by atoms with van der Waals surface area (Å²) in [5.41, 5.74) is 1.60. The van der Waals surface area contributed by atoms with Gasteiger partial charge in [-0.2, -0.15) is 0 Å². The van der Waals surface area contributed by atoms with Gasteiger partial charge in [0, 0.05) is 17.1 Å². The summed E-state index contributed by atoms with van der Waals surface area (Å²) in [6, 6.07) is 7.80. The van der Waals surface area contributed by atoms with Crippen LogP contribution >= 0.6 is 12.4 Å². The van der Waals surface area contributed by atoms with Gasteiger partial charge in [0.2, 0.25) is 0 Å². The van der Waals surface area contributed by atoms with Crippen molar-refractivity contribution in [2.45, 2.75) is 52.1 Å². The van der Waals surface area contributed by atoms with Gasteiger partial charge in [0.15, 0.2) is 0 Å². The lowest BCUT2D eigenvalue weighted by molar-refractivity contribution is 0.0269. The quantitative estimate of drug-likeness (QED) is 0.570. The Bertz CT molecular complexity index is 565. The molecule has 4 heteroatoms. The Morgan fingerprint density at radius 1 is 1.24 bits per heavy atom. The number of nitrogens with one attached hydrogen (secondary N) is 1. The number of esters is 1. The fourth-order valence-electron chi connectivity index (χ4n) is 2.42. The Morgan fingerprint density at radius 2 is 2.00 bits per heavy atom. The molecule has 116 valence electrons. The Balaban J connectivity index is 0.00000220. The van der Waals surface area contributed by atoms with Crippen LogP contribution in [0.4, 0.5) is 0 Å². The topological polar surface area (TPSA) is 42.1 Å². The van der Waals surface area contributed by atoms with E-state index in [0.717, 1.165) is 30.2 Å². The Morgan fingerprint density at radius 3 is 2.71 bits per heavy atom. The predicted octanol–water partition coefficient (Wildman–Crippen LogP) is 5.11. The van der Waals surface area contributed by atoms with Crippen LogP contribution in [-0.4, -0.2) is 17.1 Å². The summed E-state index contributed by atoms with van der Waals surface area (Å²) in [7, 11) is 0. The fraction of sp³-hybridized carbons (Fsp3) is 0.471. The molecule has 2 rings (SSSR count). The first-order valence-corrected chi connectivity index (χ1v) is 7.53. The fourth-order valence-corrected chi connectivity index (χ4v) is 2.42. The standard InChI is InChI=1S/C17H23NO2.ClH/c1-3-5-6-9-13(4-2)20-17(19)15-12-18-16-11-8-7-10-14(15)16;/h7-8,10-13,18H,3-6,9H2,1-2H3;1H. The van der Waals surface area contributed by atoms with Gasteiger partial charge in [0.25, 0.3) is 0 Å². The summed E-state index contributed by atoms with van der Waals surface area (Å²) in [6.45, 7) is 4.25. The molecule has 0 radical (unpaired) electrons. The minimum Gasteiger partial charge on any atom is -0.459 e. The SMILES string of the molecule is CCCCCC(CC)OC(=O)c1c[nH]c2ccccc12.Cl. The minimum absolute atomic E-state index is 0. The molecule has 1 aromatic carbocycles. The molecular formula is C17H24ClNO2. The number of fused-ring (bicyclic) bond motifs is 1. The van der Waals surface area contributed by atoms with Gasteiger partial charge in [0.1, 0.15) is 6.10 Å². The van der Waals surface area contributed by atoms with Crippen LogP contribution in [0.25, 0.3) is 10.9 Å². The van der Waals surface area contributed by atoms with Crippen molar-refractivity contribution in [1.82, 2.24) is 4.98 Å². The van der Waals surface area contributed by atoms with E-state index in [9.17, 15) is 4.79 Å². The number of halogens is 1. The van der Waals surface area contributed by atoms with Gasteiger partial charge >= 0.3 is 5.97 Å². The maximum atomic E-state index is 12.3. The van der Waals surface area contributed by atoms with Crippen LogP contribution in [-0.2, 0) is 4.74 Å². The van der Waals surface area contributed by atoms with Gasteiger partial charge in [-0.05, 0) is 25.3 Å². The molecule has 2 aromatic rings. The molecule has 0 aliphatic heterocycles. The average molecular weight is 310 g/mol. The Hall–Kier alpha value is -1.48. The molecule has 0 bridgehead atoms. The van der Waals surface area contributed by atoms with Crippen molar-refractivity contribution in [3.8, 4) is 0 Å². The third-order valence-electron chi connectivity index (χ3n) is 3.67. The van der Waals surface area contributed by atoms with Crippen molar-refractivity contribution in [2.75, 3.05) is 0 Å². The lowest BCUT2D eigenvalue weighted by Crippen LogP contribution is -2.17. The third kappa shape index (κ3) is 4.50. The van der Waals surface area contributed by atoms with Crippen molar-refractivity contribution in [1.29, 1.82) is 0 Å². The summed E-state index contributed by atoms with van der Waals surface area (Å²) in [6.07, 6.45) is 7.11. The van der Waals surface area contributed by atoms with E-state index in [1.54, 1.807) is 6.20 Å². The summed E-state index contributed by atoms with van der Waals surface area (Å²) in [4.78, 5) is 15.4. The van der Waals surface area contributed by atoms with E-state index in [-0.39, 0.29) is 24.5 Å². The number of aromatic nitrogens is 1. The largest absolute Gasteiger partial charge is 0.459 e. The van der Waals surface area contributed by atoms with Crippen LogP contribution in [0.15, 0.2) is 30.5 Å². The van der Waals surface area contributed by atoms with E-state index in [2.05, 4.69) is 18.8 Å². The summed E-state index contributed by atoms with van der Waals surface area (Å²) in [5.74, 6) is -0.217. The first kappa shape index (κ1) is 17.6. The van der Waals surface area contributed by atoms with Gasteiger partial charge in [-0.15, -0.1) is 12.4 Å². The van der Waals surface area contributed by atoms with Gasteiger partial charge in [-0.3, -0.25) is 0 Å². The zero-order valence-electron chi connectivity index (χ0n) is 12.7. The number of carbonyl (C=O) groups is 1. The first-order chi connectivity index (χ1) is 9.76. The molecule has 0 saturated heterocycles. The smallest absolute Gasteiger partial charge is 0.340 e. The zero-order valence-corrected chi connectivity index (χ0v) is 13.5. The summed E-state index contributed by atoms with van der Waals surface area (Å²) >= 11 is 0. The number of para-hydroxylation sites is 1. The highest BCUT2D eigenvalue weighted by Crippen LogP contribution is 2.20. The monoisotopic (exact) mass is 309 g/mol. The van der Waals surface area contributed by atoms with Crippen LogP contribution in [0.3, 0.4) is 0 Å². The molecule has 0 amide bonds. The van der Waals surface area contributed by atoms with Crippen LogP contribution in [0.2, 0.25) is 0 Å². The number of hydrogen-bond acceptors (Lipinski definition) is 2. The van der Waals surface area contributed by atoms with Crippen LogP contribution in [0.5, 0.6) is 0 Å². The van der Waals surface area contributed by atoms with Crippen molar-refractivity contribution in [2.24, 2.45) is 0 Å². The maximum absolute atomic E-state index is 12.3. The number of benzene rings is 1. The number of hydrogen-bond donors (Lipinski definition) is 1. The molecule has 1 N–H and O–H groups in total. The minimum atomic E-state index is -0.217. The molecule has 0 spiro atoms. The summed E-state index contributed by atoms with van der Waals surface area (Å²) in [5, 5.41) is 0.931. The highest BCUT2D eigenvalue weighted by atomic mass is 35.5. The number of H-pyrrole nitrogens is 1. The zero-order chi connectivity index (χ0) is 14.4. The molecule has 1 heterocycles. The molecule has 0 aliphatic rings. The number of rotatable bonds is 7. The lowest BCUT2D eigenvalue weighted by atomic mass is 10.1. The second-order valence-electron chi connectivity index (χ2n) is 5.18. The highest BCUT2D eigenvalue weighted by molar-refractivity contribution is 6.04. The van der Waals surface area contributed by atoms with E-state index in [1.807, 2.05) is 24.3 Å². The van der Waals surface area contributed by atoms with Gasteiger partial charge in [0.05, 0.1) is 5.56 Å². The molecular weight excluding hydrogens is 286 g/mol.